The van der Waals surface area contributed by atoms with Crippen LogP contribution in [0.15, 0.2) is 11.1 Å². The Morgan fingerprint density at radius 1 is 1.57 bits per heavy atom. The van der Waals surface area contributed by atoms with E-state index in [2.05, 4.69) is 13.0 Å². The molecule has 1 saturated carbocycles. The van der Waals surface area contributed by atoms with Crippen molar-refractivity contribution in [1.29, 1.82) is 5.26 Å². The van der Waals surface area contributed by atoms with Crippen LogP contribution in [0.25, 0.3) is 0 Å². The molecule has 0 radical (unpaired) electrons. The van der Waals surface area contributed by atoms with Gasteiger partial charge in [0.05, 0.1) is 11.5 Å². The molecule has 0 N–H and O–H groups in total. The lowest BCUT2D eigenvalue weighted by Gasteiger charge is -2.33. The molecule has 2 heteroatoms. The zero-order valence-corrected chi connectivity index (χ0v) is 9.77. The molecule has 1 fully saturated rings. The zero-order valence-electron chi connectivity index (χ0n) is 9.02. The number of nitrogens with zero attached hydrogens (tertiary/aromatic N) is 1. The maximum atomic E-state index is 9.25. The number of hydrogen-bond donors (Lipinski definition) is 0. The Hall–Kier alpha value is -0.480. The number of nitriles is 1. The van der Waals surface area contributed by atoms with E-state index in [0.29, 0.717) is 0 Å². The molecule has 78 valence electrons. The van der Waals surface area contributed by atoms with Crippen molar-refractivity contribution in [3.63, 3.8) is 0 Å². The molecule has 0 atom stereocenters. The van der Waals surface area contributed by atoms with Crippen LogP contribution in [-0.4, -0.2) is 0 Å². The summed E-state index contributed by atoms with van der Waals surface area (Å²) in [5.41, 5.74) is 2.61. The van der Waals surface area contributed by atoms with Gasteiger partial charge in [-0.05, 0) is 44.9 Å². The highest BCUT2D eigenvalue weighted by Crippen LogP contribution is 2.42. The Bertz CT molecular complexity index is 254. The molecule has 0 saturated heterocycles. The molecule has 1 aliphatic carbocycles. The normalized spacial score (nSPS) is 33.9. The maximum Gasteiger partial charge on any atom is 0.0693 e. The molecule has 0 aliphatic heterocycles. The molecule has 1 nitrogen and oxygen atoms in total. The van der Waals surface area contributed by atoms with E-state index in [4.69, 9.17) is 11.6 Å². The van der Waals surface area contributed by atoms with Crippen molar-refractivity contribution in [2.75, 3.05) is 0 Å². The molecule has 0 bridgehead atoms. The second-order valence-electron chi connectivity index (χ2n) is 4.71. The number of allylic oxidation sites excluding steroid dienone is 1. The molecular weight excluding hydrogens is 194 g/mol. The third-order valence-corrected chi connectivity index (χ3v) is 3.64. The molecule has 0 aromatic rings. The first kappa shape index (κ1) is 11.6. The van der Waals surface area contributed by atoms with E-state index < -0.39 is 0 Å². The second kappa shape index (κ2) is 4.84. The largest absolute Gasteiger partial charge is 0.198 e. The topological polar surface area (TPSA) is 23.8 Å². The van der Waals surface area contributed by atoms with Crippen LogP contribution in [0.1, 0.15) is 46.0 Å². The molecular formula is C12H18ClN. The minimum Gasteiger partial charge on any atom is -0.198 e. The Kier molecular flexibility index (Phi) is 4.01. The zero-order chi connectivity index (χ0) is 10.6. The average Bonchev–Trinajstić information content (AvgIpc) is 2.22. The van der Waals surface area contributed by atoms with Crippen molar-refractivity contribution in [3.05, 3.63) is 11.1 Å². The Labute approximate surface area is 91.8 Å². The summed E-state index contributed by atoms with van der Waals surface area (Å²) in [6.07, 6.45) is 5.28. The van der Waals surface area contributed by atoms with Crippen LogP contribution < -0.4 is 0 Å². The number of hydrogen-bond acceptors (Lipinski definition) is 1. The minimum atomic E-state index is -0.123. The van der Waals surface area contributed by atoms with Crippen LogP contribution >= 0.6 is 11.6 Å². The number of halogens is 1. The molecule has 0 spiro atoms. The van der Waals surface area contributed by atoms with Crippen LogP contribution in [0.3, 0.4) is 0 Å². The molecule has 1 rings (SSSR count). The number of rotatable bonds is 2. The summed E-state index contributed by atoms with van der Waals surface area (Å²) >= 11 is 5.65. The van der Waals surface area contributed by atoms with Gasteiger partial charge in [0.15, 0.2) is 0 Å². The summed E-state index contributed by atoms with van der Waals surface area (Å²) in [6, 6.07) is 2.50. The highest BCUT2D eigenvalue weighted by atomic mass is 35.5. The predicted molar refractivity (Wildman–Crippen MR) is 59.9 cm³/mol. The van der Waals surface area contributed by atoms with Crippen LogP contribution in [-0.2, 0) is 0 Å². The van der Waals surface area contributed by atoms with Crippen LogP contribution in [0.2, 0.25) is 0 Å². The summed E-state index contributed by atoms with van der Waals surface area (Å²) in [7, 11) is 0. The van der Waals surface area contributed by atoms with Gasteiger partial charge < -0.3 is 0 Å². The van der Waals surface area contributed by atoms with E-state index >= 15 is 0 Å². The van der Waals surface area contributed by atoms with Crippen molar-refractivity contribution in [2.45, 2.75) is 46.0 Å². The lowest BCUT2D eigenvalue weighted by atomic mass is 9.69. The monoisotopic (exact) mass is 211 g/mol. The summed E-state index contributed by atoms with van der Waals surface area (Å²) in [5, 5.41) is 9.25. The van der Waals surface area contributed by atoms with E-state index in [1.165, 1.54) is 12.8 Å². The third kappa shape index (κ3) is 2.75. The molecule has 0 heterocycles. The lowest BCUT2D eigenvalue weighted by molar-refractivity contribution is 0.218. The Morgan fingerprint density at radius 2 is 2.14 bits per heavy atom. The second-order valence-corrected chi connectivity index (χ2v) is 4.93. The highest BCUT2D eigenvalue weighted by molar-refractivity contribution is 6.25. The van der Waals surface area contributed by atoms with Crippen LogP contribution in [0, 0.1) is 22.7 Å². The third-order valence-electron chi connectivity index (χ3n) is 3.27. The Balaban J connectivity index is 2.65. The van der Waals surface area contributed by atoms with E-state index in [0.717, 1.165) is 30.8 Å². The fraction of sp³-hybridized carbons (Fsp3) is 0.750. The van der Waals surface area contributed by atoms with Gasteiger partial charge in [-0.3, -0.25) is 0 Å². The van der Waals surface area contributed by atoms with Gasteiger partial charge in [0.1, 0.15) is 0 Å². The quantitative estimate of drug-likeness (QED) is 0.670. The first-order valence-electron chi connectivity index (χ1n) is 5.29. The van der Waals surface area contributed by atoms with Gasteiger partial charge >= 0.3 is 0 Å². The maximum absolute atomic E-state index is 9.25. The standard InChI is InChI=1S/C12H18ClN/c1-10-3-5-12(9-14,6-4-10)7-11(2)8-13/h8,10H,3-7H2,1-2H3/b11-8+. The van der Waals surface area contributed by atoms with Crippen molar-refractivity contribution in [3.8, 4) is 6.07 Å². The van der Waals surface area contributed by atoms with E-state index in [1.54, 1.807) is 5.54 Å². The molecule has 0 aromatic carbocycles. The lowest BCUT2D eigenvalue weighted by Crippen LogP contribution is -2.25. The predicted octanol–water partition coefficient (Wildman–Crippen LogP) is 4.24. The minimum absolute atomic E-state index is 0.123. The molecule has 1 aliphatic rings. The van der Waals surface area contributed by atoms with Crippen molar-refractivity contribution in [1.82, 2.24) is 0 Å². The van der Waals surface area contributed by atoms with Gasteiger partial charge in [0.2, 0.25) is 0 Å². The molecule has 0 unspecified atom stereocenters. The average molecular weight is 212 g/mol. The first-order chi connectivity index (χ1) is 6.62. The fourth-order valence-corrected chi connectivity index (χ4v) is 2.29. The summed E-state index contributed by atoms with van der Waals surface area (Å²) in [4.78, 5) is 0. The highest BCUT2D eigenvalue weighted by Gasteiger charge is 2.34. The Morgan fingerprint density at radius 3 is 2.57 bits per heavy atom. The van der Waals surface area contributed by atoms with Crippen molar-refractivity contribution in [2.24, 2.45) is 11.3 Å². The van der Waals surface area contributed by atoms with Gasteiger partial charge in [-0.25, -0.2) is 0 Å². The van der Waals surface area contributed by atoms with Crippen LogP contribution in [0.4, 0.5) is 0 Å². The van der Waals surface area contributed by atoms with Gasteiger partial charge in [-0.1, -0.05) is 24.1 Å². The summed E-state index contributed by atoms with van der Waals surface area (Å²) in [5.74, 6) is 0.789. The van der Waals surface area contributed by atoms with Gasteiger partial charge in [0, 0.05) is 5.54 Å². The van der Waals surface area contributed by atoms with E-state index in [-0.39, 0.29) is 5.41 Å². The van der Waals surface area contributed by atoms with Crippen LogP contribution in [0.5, 0.6) is 0 Å². The first-order valence-corrected chi connectivity index (χ1v) is 5.72. The SMILES string of the molecule is C/C(=C\Cl)CC1(C#N)CCC(C)CC1. The van der Waals surface area contributed by atoms with E-state index in [9.17, 15) is 5.26 Å². The van der Waals surface area contributed by atoms with Crippen molar-refractivity contribution >= 4 is 11.6 Å². The summed E-state index contributed by atoms with van der Waals surface area (Å²) in [6.45, 7) is 4.27. The van der Waals surface area contributed by atoms with Crippen molar-refractivity contribution < 1.29 is 0 Å². The fourth-order valence-electron chi connectivity index (χ4n) is 2.22. The smallest absolute Gasteiger partial charge is 0.0693 e. The molecule has 14 heavy (non-hydrogen) atoms. The van der Waals surface area contributed by atoms with Gasteiger partial charge in [-0.15, -0.1) is 0 Å². The molecule has 0 amide bonds. The summed E-state index contributed by atoms with van der Waals surface area (Å²) < 4.78 is 0. The molecule has 0 aromatic heterocycles. The van der Waals surface area contributed by atoms with Gasteiger partial charge in [-0.2, -0.15) is 5.26 Å². The van der Waals surface area contributed by atoms with Gasteiger partial charge in [0.25, 0.3) is 0 Å². The van der Waals surface area contributed by atoms with E-state index in [1.807, 2.05) is 6.92 Å².